The Labute approximate surface area is 90.2 Å². The molecule has 0 saturated carbocycles. The highest BCUT2D eigenvalue weighted by Crippen LogP contribution is 2.20. The molecule has 0 atom stereocenters. The number of H-pyrrole nitrogens is 2. The monoisotopic (exact) mass is 212 g/mol. The molecule has 16 heavy (non-hydrogen) atoms. The Morgan fingerprint density at radius 3 is 3.00 bits per heavy atom. The van der Waals surface area contributed by atoms with Crippen LogP contribution in [0.1, 0.15) is 0 Å². The molecule has 0 aliphatic carbocycles. The van der Waals surface area contributed by atoms with Gasteiger partial charge in [-0.3, -0.25) is 5.10 Å². The third kappa shape index (κ3) is 1.38. The standard InChI is InChI=1S/C11H8N4O/c16-11-12-4-3-9(14-11)7-1-2-10-8(5-7)6-13-15-10/h1-6H,(H,13,15)(H,12,14,16). The SMILES string of the molecule is O=c1nccc(-c2ccc3[nH]ncc3c2)[nH]1. The zero-order chi connectivity index (χ0) is 11.0. The van der Waals surface area contributed by atoms with Gasteiger partial charge in [0, 0.05) is 11.6 Å². The first-order valence-corrected chi connectivity index (χ1v) is 4.82. The van der Waals surface area contributed by atoms with E-state index in [1.54, 1.807) is 12.3 Å². The molecule has 78 valence electrons. The summed E-state index contributed by atoms with van der Waals surface area (Å²) < 4.78 is 0. The molecule has 3 aromatic rings. The molecule has 0 saturated heterocycles. The Bertz CT molecular complexity index is 698. The van der Waals surface area contributed by atoms with E-state index in [2.05, 4.69) is 20.2 Å². The summed E-state index contributed by atoms with van der Waals surface area (Å²) in [6, 6.07) is 7.58. The van der Waals surface area contributed by atoms with Gasteiger partial charge < -0.3 is 4.98 Å². The van der Waals surface area contributed by atoms with Crippen LogP contribution in [0.15, 0.2) is 41.5 Å². The topological polar surface area (TPSA) is 74.4 Å². The number of hydrogen-bond donors (Lipinski definition) is 2. The van der Waals surface area contributed by atoms with Crippen molar-refractivity contribution >= 4 is 10.9 Å². The van der Waals surface area contributed by atoms with Gasteiger partial charge in [0.15, 0.2) is 0 Å². The fourth-order valence-electron chi connectivity index (χ4n) is 1.65. The average Bonchev–Trinajstić information content (AvgIpc) is 2.75. The maximum atomic E-state index is 11.1. The quantitative estimate of drug-likeness (QED) is 0.638. The van der Waals surface area contributed by atoms with Crippen LogP contribution in [0.2, 0.25) is 0 Å². The summed E-state index contributed by atoms with van der Waals surface area (Å²) in [5.74, 6) is 0. The van der Waals surface area contributed by atoms with Crippen LogP contribution in [-0.4, -0.2) is 20.2 Å². The third-order valence-corrected chi connectivity index (χ3v) is 2.43. The number of aromatic amines is 2. The van der Waals surface area contributed by atoms with Crippen LogP contribution in [0.25, 0.3) is 22.2 Å². The first-order chi connectivity index (χ1) is 7.83. The van der Waals surface area contributed by atoms with Crippen molar-refractivity contribution in [3.63, 3.8) is 0 Å². The second-order valence-corrected chi connectivity index (χ2v) is 3.46. The van der Waals surface area contributed by atoms with Gasteiger partial charge in [0.2, 0.25) is 0 Å². The van der Waals surface area contributed by atoms with Gasteiger partial charge in [-0.25, -0.2) is 9.78 Å². The van der Waals surface area contributed by atoms with Crippen LogP contribution in [0.3, 0.4) is 0 Å². The molecule has 5 heteroatoms. The lowest BCUT2D eigenvalue weighted by atomic mass is 10.1. The van der Waals surface area contributed by atoms with Crippen LogP contribution in [-0.2, 0) is 0 Å². The number of benzene rings is 1. The van der Waals surface area contributed by atoms with Crippen molar-refractivity contribution in [3.05, 3.63) is 47.1 Å². The molecule has 0 radical (unpaired) electrons. The maximum absolute atomic E-state index is 11.1. The number of rotatable bonds is 1. The van der Waals surface area contributed by atoms with E-state index in [9.17, 15) is 4.79 Å². The summed E-state index contributed by atoms with van der Waals surface area (Å²) in [5, 5.41) is 7.83. The van der Waals surface area contributed by atoms with Crippen molar-refractivity contribution in [2.75, 3.05) is 0 Å². The fraction of sp³-hybridized carbons (Fsp3) is 0. The molecule has 0 spiro atoms. The Balaban J connectivity index is 2.21. The average molecular weight is 212 g/mol. The van der Waals surface area contributed by atoms with Crippen LogP contribution >= 0.6 is 0 Å². The molecule has 5 nitrogen and oxygen atoms in total. The molecule has 0 amide bonds. The Morgan fingerprint density at radius 2 is 2.12 bits per heavy atom. The van der Waals surface area contributed by atoms with Crippen LogP contribution in [0.5, 0.6) is 0 Å². The minimum absolute atomic E-state index is 0.343. The molecule has 0 unspecified atom stereocenters. The lowest BCUT2D eigenvalue weighted by Crippen LogP contribution is -2.09. The normalized spacial score (nSPS) is 10.8. The molecule has 0 bridgehead atoms. The molecular formula is C11H8N4O. The molecule has 2 aromatic heterocycles. The van der Waals surface area contributed by atoms with Crippen molar-refractivity contribution in [3.8, 4) is 11.3 Å². The maximum Gasteiger partial charge on any atom is 0.345 e. The molecule has 3 rings (SSSR count). The van der Waals surface area contributed by atoms with E-state index in [-0.39, 0.29) is 5.69 Å². The highest BCUT2D eigenvalue weighted by molar-refractivity contribution is 5.83. The van der Waals surface area contributed by atoms with Crippen LogP contribution < -0.4 is 5.69 Å². The van der Waals surface area contributed by atoms with Gasteiger partial charge in [-0.1, -0.05) is 6.07 Å². The lowest BCUT2D eigenvalue weighted by Gasteiger charge is -2.00. The third-order valence-electron chi connectivity index (χ3n) is 2.43. The largest absolute Gasteiger partial charge is 0.345 e. The smallest absolute Gasteiger partial charge is 0.305 e. The van der Waals surface area contributed by atoms with Crippen LogP contribution in [0.4, 0.5) is 0 Å². The number of fused-ring (bicyclic) bond motifs is 1. The van der Waals surface area contributed by atoms with Gasteiger partial charge in [0.1, 0.15) is 0 Å². The van der Waals surface area contributed by atoms with Crippen molar-refractivity contribution in [1.82, 2.24) is 20.2 Å². The minimum atomic E-state index is -0.343. The van der Waals surface area contributed by atoms with E-state index < -0.39 is 0 Å². The van der Waals surface area contributed by atoms with Gasteiger partial charge in [0.05, 0.1) is 17.4 Å². The molecule has 2 heterocycles. The first kappa shape index (κ1) is 8.84. The summed E-state index contributed by atoms with van der Waals surface area (Å²) >= 11 is 0. The van der Waals surface area contributed by atoms with E-state index in [0.717, 1.165) is 22.2 Å². The molecule has 0 aliphatic heterocycles. The summed E-state index contributed by atoms with van der Waals surface area (Å²) in [7, 11) is 0. The molecule has 0 fully saturated rings. The zero-order valence-electron chi connectivity index (χ0n) is 8.27. The zero-order valence-corrected chi connectivity index (χ0v) is 8.27. The van der Waals surface area contributed by atoms with Gasteiger partial charge in [-0.15, -0.1) is 0 Å². The summed E-state index contributed by atoms with van der Waals surface area (Å²) in [6.07, 6.45) is 3.24. The molecule has 1 aromatic carbocycles. The molecule has 0 aliphatic rings. The minimum Gasteiger partial charge on any atom is -0.305 e. The number of hydrogen-bond acceptors (Lipinski definition) is 3. The Morgan fingerprint density at radius 1 is 1.19 bits per heavy atom. The first-order valence-electron chi connectivity index (χ1n) is 4.82. The Kier molecular flexibility index (Phi) is 1.83. The van der Waals surface area contributed by atoms with E-state index in [0.29, 0.717) is 0 Å². The van der Waals surface area contributed by atoms with Crippen molar-refractivity contribution in [1.29, 1.82) is 0 Å². The predicted octanol–water partition coefficient (Wildman–Crippen LogP) is 1.31. The predicted molar refractivity (Wildman–Crippen MR) is 59.9 cm³/mol. The van der Waals surface area contributed by atoms with Gasteiger partial charge in [-0.05, 0) is 23.8 Å². The number of nitrogens with zero attached hydrogens (tertiary/aromatic N) is 2. The highest BCUT2D eigenvalue weighted by Gasteiger charge is 2.01. The Hall–Kier alpha value is -2.43. The lowest BCUT2D eigenvalue weighted by molar-refractivity contribution is 1.08. The van der Waals surface area contributed by atoms with Crippen molar-refractivity contribution in [2.45, 2.75) is 0 Å². The molecule has 2 N–H and O–H groups in total. The van der Waals surface area contributed by atoms with Gasteiger partial charge in [-0.2, -0.15) is 5.10 Å². The van der Waals surface area contributed by atoms with Gasteiger partial charge in [0.25, 0.3) is 0 Å². The van der Waals surface area contributed by atoms with Crippen LogP contribution in [0, 0.1) is 0 Å². The summed E-state index contributed by atoms with van der Waals surface area (Å²) in [4.78, 5) is 17.4. The summed E-state index contributed by atoms with van der Waals surface area (Å²) in [6.45, 7) is 0. The van der Waals surface area contributed by atoms with E-state index >= 15 is 0 Å². The van der Waals surface area contributed by atoms with E-state index in [1.165, 1.54) is 6.20 Å². The highest BCUT2D eigenvalue weighted by atomic mass is 16.1. The summed E-state index contributed by atoms with van der Waals surface area (Å²) in [5.41, 5.74) is 2.32. The second-order valence-electron chi connectivity index (χ2n) is 3.46. The second kappa shape index (κ2) is 3.30. The van der Waals surface area contributed by atoms with Crippen molar-refractivity contribution < 1.29 is 0 Å². The number of aromatic nitrogens is 4. The molecular weight excluding hydrogens is 204 g/mol. The van der Waals surface area contributed by atoms with E-state index in [1.807, 2.05) is 18.2 Å². The fourth-order valence-corrected chi connectivity index (χ4v) is 1.65. The number of nitrogens with one attached hydrogen (secondary N) is 2. The van der Waals surface area contributed by atoms with Gasteiger partial charge >= 0.3 is 5.69 Å². The van der Waals surface area contributed by atoms with Crippen molar-refractivity contribution in [2.24, 2.45) is 0 Å². The van der Waals surface area contributed by atoms with E-state index in [4.69, 9.17) is 0 Å².